The summed E-state index contributed by atoms with van der Waals surface area (Å²) in [6.45, 7) is 13.8. The Kier molecular flexibility index (Phi) is 3.78. The first-order valence-electron chi connectivity index (χ1n) is 3.61. The van der Waals surface area contributed by atoms with Crippen LogP contribution < -0.4 is 0 Å². The standard InChI is InChI=1S/C10H16/c1-6-9(5)10(7-2)8(3)4/h6H,1,3,7H2,2,4-5H3/b10-9-. The van der Waals surface area contributed by atoms with Gasteiger partial charge in [-0.1, -0.05) is 31.7 Å². The van der Waals surface area contributed by atoms with Crippen LogP contribution in [0.5, 0.6) is 0 Å². The summed E-state index contributed by atoms with van der Waals surface area (Å²) in [5.74, 6) is 0. The summed E-state index contributed by atoms with van der Waals surface area (Å²) in [5.41, 5.74) is 3.73. The molecule has 10 heavy (non-hydrogen) atoms. The molecule has 0 heterocycles. The highest BCUT2D eigenvalue weighted by Gasteiger charge is 1.96. The van der Waals surface area contributed by atoms with E-state index in [1.165, 1.54) is 11.1 Å². The molecule has 0 aromatic heterocycles. The zero-order valence-corrected chi connectivity index (χ0v) is 7.20. The Labute approximate surface area is 64.0 Å². The predicted molar refractivity (Wildman–Crippen MR) is 48.0 cm³/mol. The molecule has 0 aliphatic rings. The smallest absolute Gasteiger partial charge is 0.0302 e. The molecule has 0 heteroatoms. The maximum Gasteiger partial charge on any atom is -0.0302 e. The Hall–Kier alpha value is -0.780. The van der Waals surface area contributed by atoms with Crippen LogP contribution in [0.15, 0.2) is 36.0 Å². The highest BCUT2D eigenvalue weighted by atomic mass is 14.0. The first-order valence-corrected chi connectivity index (χ1v) is 3.61. The molecule has 0 rings (SSSR count). The Morgan fingerprint density at radius 2 is 1.90 bits per heavy atom. The van der Waals surface area contributed by atoms with Gasteiger partial charge >= 0.3 is 0 Å². The zero-order chi connectivity index (χ0) is 8.15. The topological polar surface area (TPSA) is 0 Å². The molecule has 0 radical (unpaired) electrons. The minimum atomic E-state index is 1.05. The molecule has 0 atom stereocenters. The number of hydrogen-bond donors (Lipinski definition) is 0. The molecule has 0 saturated carbocycles. The van der Waals surface area contributed by atoms with Gasteiger partial charge in [-0.25, -0.2) is 0 Å². The van der Waals surface area contributed by atoms with Crippen molar-refractivity contribution in [2.24, 2.45) is 0 Å². The second-order valence-electron chi connectivity index (χ2n) is 2.50. The van der Waals surface area contributed by atoms with Crippen molar-refractivity contribution in [1.82, 2.24) is 0 Å². The van der Waals surface area contributed by atoms with E-state index in [2.05, 4.69) is 27.0 Å². The van der Waals surface area contributed by atoms with Gasteiger partial charge < -0.3 is 0 Å². The lowest BCUT2D eigenvalue weighted by atomic mass is 10.0. The van der Waals surface area contributed by atoms with Crippen LogP contribution in [-0.2, 0) is 0 Å². The molecular formula is C10H16. The van der Waals surface area contributed by atoms with E-state index >= 15 is 0 Å². The van der Waals surface area contributed by atoms with E-state index in [1.807, 2.05) is 13.0 Å². The third kappa shape index (κ3) is 2.22. The Morgan fingerprint density at radius 3 is 2.00 bits per heavy atom. The maximum atomic E-state index is 3.89. The molecule has 0 fully saturated rings. The van der Waals surface area contributed by atoms with E-state index in [0.29, 0.717) is 0 Å². The van der Waals surface area contributed by atoms with Crippen molar-refractivity contribution >= 4 is 0 Å². The van der Waals surface area contributed by atoms with E-state index in [1.54, 1.807) is 0 Å². The quantitative estimate of drug-likeness (QED) is 0.521. The van der Waals surface area contributed by atoms with E-state index in [0.717, 1.165) is 12.0 Å². The number of rotatable bonds is 3. The van der Waals surface area contributed by atoms with Crippen molar-refractivity contribution in [2.45, 2.75) is 27.2 Å². The molecule has 0 bridgehead atoms. The van der Waals surface area contributed by atoms with Crippen molar-refractivity contribution in [3.8, 4) is 0 Å². The Balaban J connectivity index is 4.62. The summed E-state index contributed by atoms with van der Waals surface area (Å²) >= 11 is 0. The minimum absolute atomic E-state index is 1.05. The minimum Gasteiger partial charge on any atom is -0.0988 e. The normalized spacial score (nSPS) is 12.3. The number of hydrogen-bond acceptors (Lipinski definition) is 0. The predicted octanol–water partition coefficient (Wildman–Crippen LogP) is 3.48. The Bertz CT molecular complexity index is 170. The molecule has 0 saturated heterocycles. The fraction of sp³-hybridized carbons (Fsp3) is 0.400. The van der Waals surface area contributed by atoms with Gasteiger partial charge in [-0.2, -0.15) is 0 Å². The van der Waals surface area contributed by atoms with E-state index < -0.39 is 0 Å². The molecule has 56 valence electrons. The van der Waals surface area contributed by atoms with Gasteiger partial charge in [0.05, 0.1) is 0 Å². The molecule has 0 aromatic carbocycles. The summed E-state index contributed by atoms with van der Waals surface area (Å²) in [4.78, 5) is 0. The van der Waals surface area contributed by atoms with Gasteiger partial charge in [0.2, 0.25) is 0 Å². The third-order valence-electron chi connectivity index (χ3n) is 1.65. The van der Waals surface area contributed by atoms with Crippen molar-refractivity contribution in [1.29, 1.82) is 0 Å². The summed E-state index contributed by atoms with van der Waals surface area (Å²) in [5, 5.41) is 0. The molecule has 0 N–H and O–H groups in total. The fourth-order valence-corrected chi connectivity index (χ4v) is 1.04. The first-order chi connectivity index (χ1) is 4.63. The van der Waals surface area contributed by atoms with Gasteiger partial charge in [-0.15, -0.1) is 0 Å². The Morgan fingerprint density at radius 1 is 1.40 bits per heavy atom. The second-order valence-corrected chi connectivity index (χ2v) is 2.50. The van der Waals surface area contributed by atoms with Gasteiger partial charge in [0.25, 0.3) is 0 Å². The summed E-state index contributed by atoms with van der Waals surface area (Å²) in [6, 6.07) is 0. The molecule has 0 amide bonds. The monoisotopic (exact) mass is 136 g/mol. The highest BCUT2D eigenvalue weighted by molar-refractivity contribution is 5.35. The van der Waals surface area contributed by atoms with Crippen molar-refractivity contribution in [3.63, 3.8) is 0 Å². The van der Waals surface area contributed by atoms with Crippen LogP contribution in [0, 0.1) is 0 Å². The number of allylic oxidation sites excluding steroid dienone is 4. The van der Waals surface area contributed by atoms with Gasteiger partial charge in [-0.3, -0.25) is 0 Å². The zero-order valence-electron chi connectivity index (χ0n) is 7.20. The average Bonchev–Trinajstić information content (AvgIpc) is 1.88. The lowest BCUT2D eigenvalue weighted by molar-refractivity contribution is 1.08. The fourth-order valence-electron chi connectivity index (χ4n) is 1.04. The molecular weight excluding hydrogens is 120 g/mol. The van der Waals surface area contributed by atoms with Crippen LogP contribution >= 0.6 is 0 Å². The average molecular weight is 136 g/mol. The van der Waals surface area contributed by atoms with Crippen molar-refractivity contribution in [2.75, 3.05) is 0 Å². The van der Waals surface area contributed by atoms with Crippen LogP contribution in [0.3, 0.4) is 0 Å². The largest absolute Gasteiger partial charge is 0.0988 e. The van der Waals surface area contributed by atoms with Gasteiger partial charge in [0.1, 0.15) is 0 Å². The van der Waals surface area contributed by atoms with Crippen molar-refractivity contribution in [3.05, 3.63) is 36.0 Å². The van der Waals surface area contributed by atoms with Gasteiger partial charge in [0.15, 0.2) is 0 Å². The molecule has 0 aliphatic carbocycles. The van der Waals surface area contributed by atoms with Crippen LogP contribution in [0.25, 0.3) is 0 Å². The summed E-state index contributed by atoms with van der Waals surface area (Å²) in [6.07, 6.45) is 2.93. The highest BCUT2D eigenvalue weighted by Crippen LogP contribution is 2.16. The van der Waals surface area contributed by atoms with Gasteiger partial charge in [0, 0.05) is 0 Å². The summed E-state index contributed by atoms with van der Waals surface area (Å²) in [7, 11) is 0. The SMILES string of the molecule is C=C/C(C)=C(/CC)C(=C)C. The third-order valence-corrected chi connectivity index (χ3v) is 1.65. The molecule has 0 aliphatic heterocycles. The maximum absolute atomic E-state index is 3.89. The van der Waals surface area contributed by atoms with Crippen LogP contribution in [-0.4, -0.2) is 0 Å². The van der Waals surface area contributed by atoms with E-state index in [-0.39, 0.29) is 0 Å². The van der Waals surface area contributed by atoms with E-state index in [4.69, 9.17) is 0 Å². The molecule has 0 unspecified atom stereocenters. The summed E-state index contributed by atoms with van der Waals surface area (Å²) < 4.78 is 0. The lowest BCUT2D eigenvalue weighted by Gasteiger charge is -2.05. The van der Waals surface area contributed by atoms with Crippen LogP contribution in [0.2, 0.25) is 0 Å². The van der Waals surface area contributed by atoms with Crippen LogP contribution in [0.4, 0.5) is 0 Å². The first kappa shape index (κ1) is 9.22. The van der Waals surface area contributed by atoms with Gasteiger partial charge in [-0.05, 0) is 31.4 Å². The molecule has 0 aromatic rings. The second kappa shape index (κ2) is 4.10. The molecule has 0 nitrogen and oxygen atoms in total. The van der Waals surface area contributed by atoms with E-state index in [9.17, 15) is 0 Å². The molecule has 0 spiro atoms. The van der Waals surface area contributed by atoms with Crippen molar-refractivity contribution < 1.29 is 0 Å². The lowest BCUT2D eigenvalue weighted by Crippen LogP contribution is -1.85. The van der Waals surface area contributed by atoms with Crippen LogP contribution in [0.1, 0.15) is 27.2 Å².